The smallest absolute Gasteiger partial charge is 0.267 e. The van der Waals surface area contributed by atoms with Gasteiger partial charge in [-0.25, -0.2) is 13.1 Å². The van der Waals surface area contributed by atoms with E-state index in [2.05, 4.69) is 15.9 Å². The van der Waals surface area contributed by atoms with Gasteiger partial charge in [0.25, 0.3) is 15.9 Å². The molecule has 0 unspecified atom stereocenters. The first-order chi connectivity index (χ1) is 13.8. The molecule has 1 aliphatic heterocycles. The fourth-order valence-electron chi connectivity index (χ4n) is 2.83. The molecule has 10 heteroatoms. The Balaban J connectivity index is 1.71. The van der Waals surface area contributed by atoms with Crippen LogP contribution in [-0.2, 0) is 19.6 Å². The fraction of sp³-hybridized carbons (Fsp3) is 0.263. The van der Waals surface area contributed by atoms with Crippen molar-refractivity contribution in [2.75, 3.05) is 24.7 Å². The highest BCUT2D eigenvalue weighted by atomic mass is 79.9. The Morgan fingerprint density at radius 1 is 1.28 bits per heavy atom. The zero-order chi connectivity index (χ0) is 21.0. The Labute approximate surface area is 177 Å². The highest BCUT2D eigenvalue weighted by Crippen LogP contribution is 2.31. The van der Waals surface area contributed by atoms with Crippen molar-refractivity contribution in [2.45, 2.75) is 18.2 Å². The van der Waals surface area contributed by atoms with Gasteiger partial charge < -0.3 is 14.4 Å². The molecule has 154 valence electrons. The van der Waals surface area contributed by atoms with Gasteiger partial charge in [-0.05, 0) is 37.3 Å². The third kappa shape index (κ3) is 4.88. The van der Waals surface area contributed by atoms with E-state index in [0.717, 1.165) is 0 Å². The van der Waals surface area contributed by atoms with E-state index >= 15 is 0 Å². The van der Waals surface area contributed by atoms with E-state index in [0.29, 0.717) is 15.9 Å². The lowest BCUT2D eigenvalue weighted by atomic mass is 10.2. The van der Waals surface area contributed by atoms with E-state index in [-0.39, 0.29) is 42.7 Å². The monoisotopic (exact) mass is 482 g/mol. The summed E-state index contributed by atoms with van der Waals surface area (Å²) in [4.78, 5) is 25.8. The number of carbonyl (C=O) groups excluding carboxylic acids is 2. The molecule has 1 N–H and O–H groups in total. The second kappa shape index (κ2) is 8.83. The highest BCUT2D eigenvalue weighted by molar-refractivity contribution is 9.10. The number of fused-ring (bicyclic) bond motifs is 1. The number of hydrogen-bond donors (Lipinski definition) is 1. The Hall–Kier alpha value is -2.59. The molecule has 1 heterocycles. The summed E-state index contributed by atoms with van der Waals surface area (Å²) in [6.07, 6.45) is -0.197. The standard InChI is InChI=1S/C19H19BrN2O6S/c1-2-27-16-8-7-13(20)11-17(16)29(25,26)21-18(23)9-10-22-14-5-3-4-6-15(14)28-12-19(22)24/h3-8,11H,2,9-10,12H2,1H3,(H,21,23). The van der Waals surface area contributed by atoms with Crippen molar-refractivity contribution in [3.8, 4) is 11.5 Å². The van der Waals surface area contributed by atoms with Gasteiger partial charge in [0, 0.05) is 17.4 Å². The second-order valence-corrected chi connectivity index (χ2v) is 8.67. The Bertz CT molecular complexity index is 1040. The molecule has 2 amide bonds. The van der Waals surface area contributed by atoms with Crippen LogP contribution in [0.4, 0.5) is 5.69 Å². The van der Waals surface area contributed by atoms with Gasteiger partial charge in [-0.15, -0.1) is 0 Å². The third-order valence-corrected chi connectivity index (χ3v) is 6.00. The molecule has 0 aromatic heterocycles. The van der Waals surface area contributed by atoms with E-state index in [4.69, 9.17) is 9.47 Å². The van der Waals surface area contributed by atoms with Gasteiger partial charge in [-0.1, -0.05) is 28.1 Å². The number of para-hydroxylation sites is 2. The van der Waals surface area contributed by atoms with Crippen LogP contribution in [0.1, 0.15) is 13.3 Å². The zero-order valence-corrected chi connectivity index (χ0v) is 18.0. The minimum absolute atomic E-state index is 0.0252. The Kier molecular flexibility index (Phi) is 6.43. The van der Waals surface area contributed by atoms with Crippen molar-refractivity contribution in [2.24, 2.45) is 0 Å². The number of halogens is 1. The number of amides is 2. The molecule has 0 spiro atoms. The van der Waals surface area contributed by atoms with Crippen LogP contribution in [0.2, 0.25) is 0 Å². The number of carbonyl (C=O) groups is 2. The van der Waals surface area contributed by atoms with Crippen LogP contribution in [0.5, 0.6) is 11.5 Å². The van der Waals surface area contributed by atoms with Crippen molar-refractivity contribution in [1.82, 2.24) is 4.72 Å². The lowest BCUT2D eigenvalue weighted by Gasteiger charge is -2.29. The number of rotatable bonds is 7. The van der Waals surface area contributed by atoms with Gasteiger partial charge in [0.15, 0.2) is 6.61 Å². The first kappa shape index (κ1) is 21.1. The number of sulfonamides is 1. The Morgan fingerprint density at radius 3 is 2.79 bits per heavy atom. The molecule has 0 fully saturated rings. The molecule has 29 heavy (non-hydrogen) atoms. The molecule has 3 rings (SSSR count). The van der Waals surface area contributed by atoms with Crippen LogP contribution in [0.15, 0.2) is 51.8 Å². The van der Waals surface area contributed by atoms with Crippen LogP contribution in [0, 0.1) is 0 Å². The molecule has 0 atom stereocenters. The number of anilines is 1. The minimum Gasteiger partial charge on any atom is -0.492 e. The van der Waals surface area contributed by atoms with Gasteiger partial charge >= 0.3 is 0 Å². The number of benzene rings is 2. The van der Waals surface area contributed by atoms with E-state index in [1.807, 2.05) is 4.72 Å². The number of nitrogens with zero attached hydrogens (tertiary/aromatic N) is 1. The quantitative estimate of drug-likeness (QED) is 0.650. The molecule has 0 aliphatic carbocycles. The maximum Gasteiger partial charge on any atom is 0.267 e. The summed E-state index contributed by atoms with van der Waals surface area (Å²) in [5, 5.41) is 0. The molecule has 1 aliphatic rings. The summed E-state index contributed by atoms with van der Waals surface area (Å²) < 4.78 is 38.6. The molecular weight excluding hydrogens is 464 g/mol. The molecule has 0 radical (unpaired) electrons. The summed E-state index contributed by atoms with van der Waals surface area (Å²) in [5.74, 6) is -0.349. The van der Waals surface area contributed by atoms with E-state index in [1.54, 1.807) is 37.3 Å². The lowest BCUT2D eigenvalue weighted by Crippen LogP contribution is -2.41. The zero-order valence-electron chi connectivity index (χ0n) is 15.6. The van der Waals surface area contributed by atoms with Gasteiger partial charge in [0.2, 0.25) is 5.91 Å². The summed E-state index contributed by atoms with van der Waals surface area (Å²) in [6, 6.07) is 11.5. The largest absolute Gasteiger partial charge is 0.492 e. The number of ether oxygens (including phenoxy) is 2. The van der Waals surface area contributed by atoms with Crippen LogP contribution < -0.4 is 19.1 Å². The van der Waals surface area contributed by atoms with Crippen molar-refractivity contribution in [3.05, 3.63) is 46.9 Å². The lowest BCUT2D eigenvalue weighted by molar-refractivity contribution is -0.121. The first-order valence-electron chi connectivity index (χ1n) is 8.82. The molecule has 2 aromatic carbocycles. The van der Waals surface area contributed by atoms with E-state index < -0.39 is 15.9 Å². The average molecular weight is 483 g/mol. The van der Waals surface area contributed by atoms with Crippen molar-refractivity contribution >= 4 is 43.5 Å². The second-order valence-electron chi connectivity index (χ2n) is 6.10. The molecular formula is C19H19BrN2O6S. The highest BCUT2D eigenvalue weighted by Gasteiger charge is 2.27. The first-order valence-corrected chi connectivity index (χ1v) is 11.1. The van der Waals surface area contributed by atoms with Crippen LogP contribution in [-0.4, -0.2) is 40.0 Å². The number of nitrogens with one attached hydrogen (secondary N) is 1. The van der Waals surface area contributed by atoms with Crippen molar-refractivity contribution in [3.63, 3.8) is 0 Å². The normalized spacial score (nSPS) is 13.4. The van der Waals surface area contributed by atoms with Gasteiger partial charge in [-0.3, -0.25) is 9.59 Å². The van der Waals surface area contributed by atoms with Crippen molar-refractivity contribution in [1.29, 1.82) is 0 Å². The molecule has 0 saturated heterocycles. The third-order valence-electron chi connectivity index (χ3n) is 4.11. The molecule has 0 saturated carbocycles. The fourth-order valence-corrected chi connectivity index (χ4v) is 4.53. The van der Waals surface area contributed by atoms with E-state index in [1.165, 1.54) is 17.0 Å². The minimum atomic E-state index is -4.14. The molecule has 2 aromatic rings. The molecule has 0 bridgehead atoms. The SMILES string of the molecule is CCOc1ccc(Br)cc1S(=O)(=O)NC(=O)CCN1C(=O)COc2ccccc21. The maximum atomic E-state index is 12.7. The maximum absolute atomic E-state index is 12.7. The summed E-state index contributed by atoms with van der Waals surface area (Å²) >= 11 is 3.22. The summed E-state index contributed by atoms with van der Waals surface area (Å²) in [6.45, 7) is 1.90. The van der Waals surface area contributed by atoms with Gasteiger partial charge in [0.05, 0.1) is 12.3 Å². The Morgan fingerprint density at radius 2 is 2.03 bits per heavy atom. The van der Waals surface area contributed by atoms with Crippen molar-refractivity contribution < 1.29 is 27.5 Å². The average Bonchev–Trinajstić information content (AvgIpc) is 2.68. The summed E-state index contributed by atoms with van der Waals surface area (Å²) in [7, 11) is -4.14. The van der Waals surface area contributed by atoms with Crippen LogP contribution >= 0.6 is 15.9 Å². The number of hydrogen-bond acceptors (Lipinski definition) is 6. The molecule has 8 nitrogen and oxygen atoms in total. The van der Waals surface area contributed by atoms with Gasteiger partial charge in [0.1, 0.15) is 16.4 Å². The predicted octanol–water partition coefficient (Wildman–Crippen LogP) is 2.47. The summed E-state index contributed by atoms with van der Waals surface area (Å²) in [5.41, 5.74) is 0.546. The topological polar surface area (TPSA) is 102 Å². The van der Waals surface area contributed by atoms with E-state index in [9.17, 15) is 18.0 Å². The van der Waals surface area contributed by atoms with Gasteiger partial charge in [-0.2, -0.15) is 0 Å². The predicted molar refractivity (Wildman–Crippen MR) is 110 cm³/mol. The van der Waals surface area contributed by atoms with Crippen LogP contribution in [0.25, 0.3) is 0 Å². The van der Waals surface area contributed by atoms with Crippen LogP contribution in [0.3, 0.4) is 0 Å².